The van der Waals surface area contributed by atoms with E-state index in [1.807, 2.05) is 33.4 Å². The molecule has 0 amide bonds. The SMILES string of the molecule is CNc1cc2cc(-c3cnc(C)n3C)ccc2cn1. The quantitative estimate of drug-likeness (QED) is 0.762. The molecule has 0 aliphatic heterocycles. The van der Waals surface area contributed by atoms with Crippen LogP contribution in [0.15, 0.2) is 36.7 Å². The molecule has 19 heavy (non-hydrogen) atoms. The first-order chi connectivity index (χ1) is 9.19. The summed E-state index contributed by atoms with van der Waals surface area (Å²) in [6, 6.07) is 8.44. The molecule has 1 aromatic carbocycles. The Hall–Kier alpha value is -2.36. The predicted molar refractivity (Wildman–Crippen MR) is 78.2 cm³/mol. The molecule has 4 heteroatoms. The number of pyridine rings is 1. The summed E-state index contributed by atoms with van der Waals surface area (Å²) in [5, 5.41) is 5.38. The Morgan fingerprint density at radius 3 is 2.58 bits per heavy atom. The van der Waals surface area contributed by atoms with Crippen LogP contribution in [0.25, 0.3) is 22.0 Å². The van der Waals surface area contributed by atoms with Crippen LogP contribution >= 0.6 is 0 Å². The maximum atomic E-state index is 4.34. The van der Waals surface area contributed by atoms with Gasteiger partial charge >= 0.3 is 0 Å². The molecule has 3 rings (SSSR count). The summed E-state index contributed by atoms with van der Waals surface area (Å²) in [4.78, 5) is 8.67. The van der Waals surface area contributed by atoms with Gasteiger partial charge in [-0.25, -0.2) is 9.97 Å². The molecule has 0 spiro atoms. The van der Waals surface area contributed by atoms with Crippen molar-refractivity contribution in [1.82, 2.24) is 14.5 Å². The Labute approximate surface area is 112 Å². The van der Waals surface area contributed by atoms with E-state index in [1.54, 1.807) is 0 Å². The van der Waals surface area contributed by atoms with E-state index in [9.17, 15) is 0 Å². The average molecular weight is 252 g/mol. The third kappa shape index (κ3) is 1.95. The second-order valence-corrected chi connectivity index (χ2v) is 4.63. The van der Waals surface area contributed by atoms with Gasteiger partial charge in [-0.2, -0.15) is 0 Å². The van der Waals surface area contributed by atoms with Crippen LogP contribution in [0.4, 0.5) is 5.82 Å². The highest BCUT2D eigenvalue weighted by molar-refractivity contribution is 5.88. The van der Waals surface area contributed by atoms with Crippen molar-refractivity contribution in [3.05, 3.63) is 42.5 Å². The zero-order valence-corrected chi connectivity index (χ0v) is 11.3. The molecular weight excluding hydrogens is 236 g/mol. The number of benzene rings is 1. The highest BCUT2D eigenvalue weighted by atomic mass is 15.0. The maximum Gasteiger partial charge on any atom is 0.126 e. The van der Waals surface area contributed by atoms with Crippen LogP contribution < -0.4 is 5.32 Å². The molecule has 0 radical (unpaired) electrons. The number of hydrogen-bond donors (Lipinski definition) is 1. The van der Waals surface area contributed by atoms with Crippen LogP contribution in [0.3, 0.4) is 0 Å². The van der Waals surface area contributed by atoms with Crippen molar-refractivity contribution >= 4 is 16.6 Å². The Balaban J connectivity index is 2.17. The van der Waals surface area contributed by atoms with Gasteiger partial charge in [0.05, 0.1) is 11.9 Å². The first-order valence-electron chi connectivity index (χ1n) is 6.25. The monoisotopic (exact) mass is 252 g/mol. The molecule has 0 saturated carbocycles. The van der Waals surface area contributed by atoms with Crippen molar-refractivity contribution < 1.29 is 0 Å². The number of rotatable bonds is 2. The highest BCUT2D eigenvalue weighted by Crippen LogP contribution is 2.25. The molecule has 0 aliphatic carbocycles. The second-order valence-electron chi connectivity index (χ2n) is 4.63. The van der Waals surface area contributed by atoms with Gasteiger partial charge < -0.3 is 9.88 Å². The molecule has 0 fully saturated rings. The number of aromatic nitrogens is 3. The van der Waals surface area contributed by atoms with Gasteiger partial charge in [-0.1, -0.05) is 12.1 Å². The molecule has 4 nitrogen and oxygen atoms in total. The van der Waals surface area contributed by atoms with Crippen molar-refractivity contribution in [2.45, 2.75) is 6.92 Å². The second kappa shape index (κ2) is 4.39. The lowest BCUT2D eigenvalue weighted by atomic mass is 10.1. The minimum Gasteiger partial charge on any atom is -0.373 e. The molecule has 2 heterocycles. The van der Waals surface area contributed by atoms with Crippen LogP contribution in [0.1, 0.15) is 5.82 Å². The molecule has 0 atom stereocenters. The van der Waals surface area contributed by atoms with Crippen LogP contribution in [0, 0.1) is 6.92 Å². The Morgan fingerprint density at radius 1 is 1.05 bits per heavy atom. The molecular formula is C15H16N4. The fourth-order valence-corrected chi connectivity index (χ4v) is 2.21. The van der Waals surface area contributed by atoms with Crippen LogP contribution in [-0.4, -0.2) is 21.6 Å². The van der Waals surface area contributed by atoms with Crippen LogP contribution in [0.2, 0.25) is 0 Å². The highest BCUT2D eigenvalue weighted by Gasteiger charge is 2.06. The summed E-state index contributed by atoms with van der Waals surface area (Å²) in [5.74, 6) is 1.89. The van der Waals surface area contributed by atoms with Crippen molar-refractivity contribution in [2.75, 3.05) is 12.4 Å². The van der Waals surface area contributed by atoms with Gasteiger partial charge in [-0.05, 0) is 24.4 Å². The summed E-state index contributed by atoms with van der Waals surface area (Å²) in [6.45, 7) is 2.01. The van der Waals surface area contributed by atoms with E-state index in [-0.39, 0.29) is 0 Å². The molecule has 0 bridgehead atoms. The van der Waals surface area contributed by atoms with Gasteiger partial charge in [-0.3, -0.25) is 0 Å². The van der Waals surface area contributed by atoms with E-state index in [4.69, 9.17) is 0 Å². The van der Waals surface area contributed by atoms with Crippen LogP contribution in [-0.2, 0) is 7.05 Å². The van der Waals surface area contributed by atoms with Gasteiger partial charge in [0.25, 0.3) is 0 Å². The number of nitrogens with zero attached hydrogens (tertiary/aromatic N) is 3. The van der Waals surface area contributed by atoms with Gasteiger partial charge in [0, 0.05) is 31.2 Å². The number of imidazole rings is 1. The van der Waals surface area contributed by atoms with E-state index in [0.29, 0.717) is 0 Å². The molecule has 0 unspecified atom stereocenters. The van der Waals surface area contributed by atoms with E-state index < -0.39 is 0 Å². The minimum atomic E-state index is 0.880. The fraction of sp³-hybridized carbons (Fsp3) is 0.200. The minimum absolute atomic E-state index is 0.880. The lowest BCUT2D eigenvalue weighted by Crippen LogP contribution is -1.94. The Kier molecular flexibility index (Phi) is 2.71. The first kappa shape index (κ1) is 11.7. The largest absolute Gasteiger partial charge is 0.373 e. The summed E-state index contributed by atoms with van der Waals surface area (Å²) in [5.41, 5.74) is 2.30. The third-order valence-corrected chi connectivity index (χ3v) is 3.49. The lowest BCUT2D eigenvalue weighted by molar-refractivity contribution is 0.865. The average Bonchev–Trinajstić information content (AvgIpc) is 2.78. The smallest absolute Gasteiger partial charge is 0.126 e. The van der Waals surface area contributed by atoms with Gasteiger partial charge in [0.2, 0.25) is 0 Å². The molecule has 3 aromatic rings. The Bertz CT molecular complexity index is 743. The molecule has 96 valence electrons. The van der Waals surface area contributed by atoms with Gasteiger partial charge in [0.1, 0.15) is 11.6 Å². The number of aryl methyl sites for hydroxylation is 1. The standard InChI is InChI=1S/C15H16N4/c1-10-17-9-14(19(10)3)11-4-5-12-8-18-15(16-2)7-13(12)6-11/h4-9H,1-3H3,(H,16,18). The molecule has 2 aromatic heterocycles. The normalized spacial score (nSPS) is 10.9. The van der Waals surface area contributed by atoms with E-state index >= 15 is 0 Å². The lowest BCUT2D eigenvalue weighted by Gasteiger charge is -2.07. The Morgan fingerprint density at radius 2 is 1.89 bits per heavy atom. The van der Waals surface area contributed by atoms with Crippen LogP contribution in [0.5, 0.6) is 0 Å². The number of hydrogen-bond acceptors (Lipinski definition) is 3. The summed E-state index contributed by atoms with van der Waals surface area (Å²) >= 11 is 0. The zero-order chi connectivity index (χ0) is 13.4. The number of nitrogens with one attached hydrogen (secondary N) is 1. The summed E-state index contributed by atoms with van der Waals surface area (Å²) in [6.07, 6.45) is 3.80. The number of fused-ring (bicyclic) bond motifs is 1. The molecule has 1 N–H and O–H groups in total. The molecule has 0 aliphatic rings. The van der Waals surface area contributed by atoms with E-state index in [0.717, 1.165) is 22.7 Å². The summed E-state index contributed by atoms with van der Waals surface area (Å²) < 4.78 is 2.10. The number of anilines is 1. The first-order valence-corrected chi connectivity index (χ1v) is 6.25. The van der Waals surface area contributed by atoms with E-state index in [1.165, 1.54) is 10.9 Å². The summed E-state index contributed by atoms with van der Waals surface area (Å²) in [7, 11) is 3.91. The van der Waals surface area contributed by atoms with Gasteiger partial charge in [0.15, 0.2) is 0 Å². The zero-order valence-electron chi connectivity index (χ0n) is 11.3. The fourth-order valence-electron chi connectivity index (χ4n) is 2.21. The van der Waals surface area contributed by atoms with Crippen molar-refractivity contribution in [3.8, 4) is 11.3 Å². The van der Waals surface area contributed by atoms with Crippen molar-refractivity contribution in [3.63, 3.8) is 0 Å². The third-order valence-electron chi connectivity index (χ3n) is 3.49. The van der Waals surface area contributed by atoms with Crippen molar-refractivity contribution in [1.29, 1.82) is 0 Å². The topological polar surface area (TPSA) is 42.7 Å². The van der Waals surface area contributed by atoms with E-state index in [2.05, 4.69) is 44.1 Å². The molecule has 0 saturated heterocycles. The predicted octanol–water partition coefficient (Wildman–Crippen LogP) is 2.99. The van der Waals surface area contributed by atoms with Gasteiger partial charge in [-0.15, -0.1) is 0 Å². The van der Waals surface area contributed by atoms with Crippen molar-refractivity contribution in [2.24, 2.45) is 7.05 Å². The maximum absolute atomic E-state index is 4.34.